The molecule has 0 saturated carbocycles. The van der Waals surface area contributed by atoms with Gasteiger partial charge in [-0.25, -0.2) is 21.9 Å². The van der Waals surface area contributed by atoms with Gasteiger partial charge in [0.05, 0.1) is 27.1 Å². The minimum atomic E-state index is -4.56. The van der Waals surface area contributed by atoms with Gasteiger partial charge >= 0.3 is 0 Å². The van der Waals surface area contributed by atoms with Crippen molar-refractivity contribution in [2.24, 2.45) is 0 Å². The van der Waals surface area contributed by atoms with Crippen LogP contribution in [-0.4, -0.2) is 57.9 Å². The summed E-state index contributed by atoms with van der Waals surface area (Å²) in [6.45, 7) is 3.20. The Kier molecular flexibility index (Phi) is 9.38. The second-order valence-electron chi connectivity index (χ2n) is 13.5. The number of halogens is 2. The molecule has 2 saturated heterocycles. The monoisotopic (exact) mass is 731 g/mol. The van der Waals surface area contributed by atoms with Crippen LogP contribution in [0.5, 0.6) is 0 Å². The van der Waals surface area contributed by atoms with E-state index >= 15 is 4.39 Å². The first kappa shape index (κ1) is 36.2. The lowest BCUT2D eigenvalue weighted by atomic mass is 9.90. The summed E-state index contributed by atoms with van der Waals surface area (Å²) in [5, 5.41) is 42.3. The molecule has 52 heavy (non-hydrogen) atoms. The topological polar surface area (TPSA) is 197 Å². The van der Waals surface area contributed by atoms with E-state index in [1.165, 1.54) is 42.5 Å². The number of carbonyl (C=O) groups is 1. The van der Waals surface area contributed by atoms with Gasteiger partial charge in [0, 0.05) is 41.7 Å². The summed E-state index contributed by atoms with van der Waals surface area (Å²) in [6, 6.07) is 15.0. The molecule has 2 fully saturated rings. The molecule has 0 unspecified atom stereocenters. The smallest absolute Gasteiger partial charge is 0.296 e. The molecule has 0 radical (unpaired) electrons. The van der Waals surface area contributed by atoms with Gasteiger partial charge in [0.25, 0.3) is 17.3 Å². The minimum absolute atomic E-state index is 0.147. The highest BCUT2D eigenvalue weighted by molar-refractivity contribution is 7.89. The predicted molar refractivity (Wildman–Crippen MR) is 183 cm³/mol. The number of amides is 1. The predicted octanol–water partition coefficient (Wildman–Crippen LogP) is 6.02. The number of benzene rings is 4. The molecule has 0 aromatic heterocycles. The average molecular weight is 732 g/mol. The molecule has 16 heteroatoms. The van der Waals surface area contributed by atoms with E-state index in [1.807, 2.05) is 0 Å². The van der Waals surface area contributed by atoms with Crippen molar-refractivity contribution in [2.75, 3.05) is 0 Å². The molecule has 2 heterocycles. The lowest BCUT2D eigenvalue weighted by Gasteiger charge is -2.25. The zero-order valence-corrected chi connectivity index (χ0v) is 28.6. The standard InChI is InChI=1S/C36H31F2N5O8S/c1-36(2,45)18-20-3-9-27(30(38)13-20)26-10-6-22(14-28(26)21-4-5-23(19-39)29(37)15-21)35(44)41-24-7-11-32(41)31(16-24)40-52(50,51)34-12-8-25(42(46)47)17-33(34)43(48)49/h3-6,8-10,12-15,17,24,31-32,40,45H,7,11,16,18H2,1-2H3/t24-,31-,32+/m0/s1. The summed E-state index contributed by atoms with van der Waals surface area (Å²) in [7, 11) is -4.56. The summed E-state index contributed by atoms with van der Waals surface area (Å²) in [5.74, 6) is -1.90. The van der Waals surface area contributed by atoms with Gasteiger partial charge in [-0.2, -0.15) is 5.26 Å². The number of fused-ring (bicyclic) bond motifs is 2. The number of nitrogens with zero attached hydrogens (tertiary/aromatic N) is 4. The zero-order chi connectivity index (χ0) is 37.7. The summed E-state index contributed by atoms with van der Waals surface area (Å²) in [6.07, 6.45) is 1.36. The van der Waals surface area contributed by atoms with Crippen molar-refractivity contribution in [3.05, 3.63) is 121 Å². The number of hydrogen-bond donors (Lipinski definition) is 2. The van der Waals surface area contributed by atoms with E-state index in [4.69, 9.17) is 0 Å². The number of non-ortho nitro benzene ring substituents is 1. The highest BCUT2D eigenvalue weighted by atomic mass is 32.2. The van der Waals surface area contributed by atoms with Gasteiger partial charge in [0.15, 0.2) is 4.90 Å². The van der Waals surface area contributed by atoms with Crippen molar-refractivity contribution in [1.82, 2.24) is 9.62 Å². The molecular formula is C36H31F2N5O8S. The maximum absolute atomic E-state index is 15.6. The van der Waals surface area contributed by atoms with Gasteiger partial charge in [-0.05, 0) is 91.8 Å². The number of aliphatic hydroxyl groups is 1. The first-order valence-corrected chi connectivity index (χ1v) is 17.6. The van der Waals surface area contributed by atoms with Crippen molar-refractivity contribution < 1.29 is 36.9 Å². The number of hydrogen-bond acceptors (Lipinski definition) is 9. The van der Waals surface area contributed by atoms with Crippen LogP contribution < -0.4 is 4.72 Å². The van der Waals surface area contributed by atoms with E-state index in [0.717, 1.165) is 18.2 Å². The molecule has 4 aromatic rings. The van der Waals surface area contributed by atoms with Crippen LogP contribution >= 0.6 is 0 Å². The second-order valence-corrected chi connectivity index (χ2v) is 15.2. The van der Waals surface area contributed by atoms with Crippen LogP contribution in [0.1, 0.15) is 54.6 Å². The minimum Gasteiger partial charge on any atom is -0.390 e. The number of nitriles is 1. The third-order valence-corrected chi connectivity index (χ3v) is 10.9. The summed E-state index contributed by atoms with van der Waals surface area (Å²) in [5.41, 5.74) is -1.19. The largest absolute Gasteiger partial charge is 0.390 e. The van der Waals surface area contributed by atoms with E-state index in [0.29, 0.717) is 30.0 Å². The SMILES string of the molecule is CC(C)(O)Cc1ccc(-c2ccc(C(=O)N3[C@H]4CC[C@@H]3[C@@H](NS(=O)(=O)c3ccc([N+](=O)[O-])cc3[N+](=O)[O-])C4)cc2-c2ccc(C#N)c(F)c2)c(F)c1. The fourth-order valence-electron chi connectivity index (χ4n) is 7.14. The van der Waals surface area contributed by atoms with Crippen molar-refractivity contribution in [3.63, 3.8) is 0 Å². The van der Waals surface area contributed by atoms with E-state index < -0.39 is 77.4 Å². The molecular weight excluding hydrogens is 700 g/mol. The van der Waals surface area contributed by atoms with Crippen molar-refractivity contribution in [3.8, 4) is 28.3 Å². The summed E-state index contributed by atoms with van der Waals surface area (Å²) in [4.78, 5) is 35.9. The molecule has 2 aliphatic rings. The first-order valence-electron chi connectivity index (χ1n) is 16.1. The first-order chi connectivity index (χ1) is 24.5. The Bertz CT molecular complexity index is 2300. The van der Waals surface area contributed by atoms with E-state index in [-0.39, 0.29) is 40.7 Å². The number of nitrogens with one attached hydrogen (secondary N) is 1. The Labute approximate surface area is 296 Å². The third-order valence-electron chi connectivity index (χ3n) is 9.34. The van der Waals surface area contributed by atoms with E-state index in [2.05, 4.69) is 4.72 Å². The van der Waals surface area contributed by atoms with Crippen molar-refractivity contribution >= 4 is 27.3 Å². The summed E-state index contributed by atoms with van der Waals surface area (Å²) >= 11 is 0. The lowest BCUT2D eigenvalue weighted by molar-refractivity contribution is -0.396. The Morgan fingerprint density at radius 2 is 1.69 bits per heavy atom. The van der Waals surface area contributed by atoms with Gasteiger partial charge in [0.1, 0.15) is 17.7 Å². The Morgan fingerprint density at radius 1 is 0.962 bits per heavy atom. The number of nitro benzene ring substituents is 2. The molecule has 13 nitrogen and oxygen atoms in total. The number of sulfonamides is 1. The van der Waals surface area contributed by atoms with Crippen LogP contribution in [0, 0.1) is 43.2 Å². The Balaban J connectivity index is 1.34. The average Bonchev–Trinajstić information content (AvgIpc) is 3.64. The molecule has 2 N–H and O–H groups in total. The van der Waals surface area contributed by atoms with E-state index in [1.54, 1.807) is 30.9 Å². The normalized spacial score (nSPS) is 18.3. The molecule has 1 amide bonds. The highest BCUT2D eigenvalue weighted by Crippen LogP contribution is 2.42. The maximum Gasteiger partial charge on any atom is 0.296 e. The van der Waals surface area contributed by atoms with Crippen LogP contribution in [0.25, 0.3) is 22.3 Å². The van der Waals surface area contributed by atoms with Gasteiger partial charge in [-0.3, -0.25) is 25.0 Å². The highest BCUT2D eigenvalue weighted by Gasteiger charge is 2.50. The Morgan fingerprint density at radius 3 is 2.33 bits per heavy atom. The number of nitro groups is 2. The molecule has 4 aromatic carbocycles. The lowest BCUT2D eigenvalue weighted by Crippen LogP contribution is -2.45. The van der Waals surface area contributed by atoms with Gasteiger partial charge in [-0.1, -0.05) is 24.3 Å². The van der Waals surface area contributed by atoms with Crippen molar-refractivity contribution in [2.45, 2.75) is 68.2 Å². The van der Waals surface area contributed by atoms with Crippen LogP contribution in [0.15, 0.2) is 77.7 Å². The molecule has 3 atom stereocenters. The second kappa shape index (κ2) is 13.5. The van der Waals surface area contributed by atoms with Gasteiger partial charge in [0.2, 0.25) is 10.0 Å². The van der Waals surface area contributed by atoms with Gasteiger partial charge in [-0.15, -0.1) is 0 Å². The van der Waals surface area contributed by atoms with E-state index in [9.17, 15) is 48.2 Å². The molecule has 2 bridgehead atoms. The fourth-order valence-corrected chi connectivity index (χ4v) is 8.58. The third kappa shape index (κ3) is 6.98. The molecule has 268 valence electrons. The zero-order valence-electron chi connectivity index (χ0n) is 27.7. The summed E-state index contributed by atoms with van der Waals surface area (Å²) < 4.78 is 59.8. The fraction of sp³-hybridized carbons (Fsp3) is 0.278. The Hall–Kier alpha value is -5.63. The van der Waals surface area contributed by atoms with Gasteiger partial charge < -0.3 is 10.0 Å². The number of carbonyl (C=O) groups excluding carboxylic acids is 1. The van der Waals surface area contributed by atoms with Crippen LogP contribution in [0.4, 0.5) is 20.2 Å². The molecule has 2 aliphatic heterocycles. The molecule has 0 aliphatic carbocycles. The maximum atomic E-state index is 15.6. The van der Waals surface area contributed by atoms with Crippen LogP contribution in [0.2, 0.25) is 0 Å². The van der Waals surface area contributed by atoms with Crippen molar-refractivity contribution in [1.29, 1.82) is 5.26 Å². The molecule has 0 spiro atoms. The van der Waals surface area contributed by atoms with Crippen LogP contribution in [0.3, 0.4) is 0 Å². The number of rotatable bonds is 10. The quantitative estimate of drug-likeness (QED) is 0.145. The molecule has 6 rings (SSSR count). The van der Waals surface area contributed by atoms with Crippen LogP contribution in [-0.2, 0) is 16.4 Å².